The first kappa shape index (κ1) is 14.5. The van der Waals surface area contributed by atoms with Crippen molar-refractivity contribution < 1.29 is 13.2 Å². The minimum Gasteiger partial charge on any atom is -0.353 e. The molecule has 2 heterocycles. The van der Waals surface area contributed by atoms with E-state index < -0.39 is 10.0 Å². The SMILES string of the molecule is O=C1NCCN2CCN(S(=O)(=O)c3ccccc3)CCC12. The maximum atomic E-state index is 12.6. The Balaban J connectivity index is 1.80. The monoisotopic (exact) mass is 309 g/mol. The molecule has 114 valence electrons. The van der Waals surface area contributed by atoms with E-state index in [2.05, 4.69) is 10.2 Å². The first-order valence-corrected chi connectivity index (χ1v) is 8.60. The van der Waals surface area contributed by atoms with Crippen LogP contribution in [0.2, 0.25) is 0 Å². The summed E-state index contributed by atoms with van der Waals surface area (Å²) in [6.45, 7) is 2.84. The van der Waals surface area contributed by atoms with Gasteiger partial charge in [-0.25, -0.2) is 8.42 Å². The van der Waals surface area contributed by atoms with Crippen LogP contribution in [0.15, 0.2) is 35.2 Å². The Hall–Kier alpha value is -1.44. The fraction of sp³-hybridized carbons (Fsp3) is 0.500. The van der Waals surface area contributed by atoms with Crippen LogP contribution in [0.5, 0.6) is 0 Å². The van der Waals surface area contributed by atoms with E-state index in [1.807, 2.05) is 0 Å². The molecule has 1 aromatic carbocycles. The van der Waals surface area contributed by atoms with Gasteiger partial charge in [0, 0.05) is 32.7 Å². The molecule has 1 atom stereocenters. The van der Waals surface area contributed by atoms with Crippen LogP contribution in [-0.2, 0) is 14.8 Å². The first-order chi connectivity index (χ1) is 10.1. The number of nitrogens with zero attached hydrogens (tertiary/aromatic N) is 2. The number of carbonyl (C=O) groups excluding carboxylic acids is 1. The van der Waals surface area contributed by atoms with Crippen molar-refractivity contribution in [2.45, 2.75) is 17.4 Å². The zero-order valence-corrected chi connectivity index (χ0v) is 12.6. The molecule has 1 amide bonds. The van der Waals surface area contributed by atoms with Gasteiger partial charge in [0.15, 0.2) is 0 Å². The fourth-order valence-electron chi connectivity index (χ4n) is 2.94. The third kappa shape index (κ3) is 2.81. The topological polar surface area (TPSA) is 69.7 Å². The average Bonchev–Trinajstić information content (AvgIpc) is 2.72. The van der Waals surface area contributed by atoms with E-state index in [1.165, 1.54) is 4.31 Å². The summed E-state index contributed by atoms with van der Waals surface area (Å²) < 4.78 is 26.8. The summed E-state index contributed by atoms with van der Waals surface area (Å²) in [6.07, 6.45) is 0.540. The van der Waals surface area contributed by atoms with Gasteiger partial charge in [0.25, 0.3) is 0 Å². The van der Waals surface area contributed by atoms with Gasteiger partial charge in [0.1, 0.15) is 0 Å². The average molecular weight is 309 g/mol. The second-order valence-electron chi connectivity index (χ2n) is 5.35. The molecule has 0 radical (unpaired) electrons. The number of fused-ring (bicyclic) bond motifs is 1. The van der Waals surface area contributed by atoms with E-state index in [4.69, 9.17) is 0 Å². The van der Waals surface area contributed by atoms with Crippen LogP contribution in [0.4, 0.5) is 0 Å². The summed E-state index contributed by atoms with van der Waals surface area (Å²) in [5.41, 5.74) is 0. The molecular formula is C14H19N3O3S. The van der Waals surface area contributed by atoms with Crippen molar-refractivity contribution in [1.82, 2.24) is 14.5 Å². The Bertz CT molecular complexity index is 618. The Kier molecular flexibility index (Phi) is 3.97. The number of nitrogens with one attached hydrogen (secondary N) is 1. The molecule has 2 saturated heterocycles. The molecule has 2 fully saturated rings. The Morgan fingerprint density at radius 3 is 2.57 bits per heavy atom. The molecule has 7 heteroatoms. The number of hydrogen-bond donors (Lipinski definition) is 1. The second-order valence-corrected chi connectivity index (χ2v) is 7.29. The highest BCUT2D eigenvalue weighted by Crippen LogP contribution is 2.20. The van der Waals surface area contributed by atoms with Crippen molar-refractivity contribution in [3.8, 4) is 0 Å². The molecule has 6 nitrogen and oxygen atoms in total. The molecule has 2 aliphatic rings. The van der Waals surface area contributed by atoms with Gasteiger partial charge in [-0.1, -0.05) is 18.2 Å². The maximum absolute atomic E-state index is 12.6. The normalized spacial score (nSPS) is 25.0. The smallest absolute Gasteiger partial charge is 0.243 e. The summed E-state index contributed by atoms with van der Waals surface area (Å²) in [5.74, 6) is 0.0141. The highest BCUT2D eigenvalue weighted by Gasteiger charge is 2.35. The molecule has 1 unspecified atom stereocenters. The van der Waals surface area contributed by atoms with Crippen LogP contribution >= 0.6 is 0 Å². The van der Waals surface area contributed by atoms with E-state index in [-0.39, 0.29) is 11.9 Å². The number of amides is 1. The molecule has 0 aliphatic carbocycles. The summed E-state index contributed by atoms with van der Waals surface area (Å²) in [5, 5.41) is 2.85. The van der Waals surface area contributed by atoms with Gasteiger partial charge in [-0.05, 0) is 18.6 Å². The molecule has 3 rings (SSSR count). The van der Waals surface area contributed by atoms with Gasteiger partial charge < -0.3 is 5.32 Å². The number of benzene rings is 1. The van der Waals surface area contributed by atoms with Gasteiger partial charge in [-0.15, -0.1) is 0 Å². The lowest BCUT2D eigenvalue weighted by atomic mass is 10.1. The van der Waals surface area contributed by atoms with E-state index in [1.54, 1.807) is 30.3 Å². The van der Waals surface area contributed by atoms with Crippen LogP contribution in [-0.4, -0.2) is 62.3 Å². The summed E-state index contributed by atoms with van der Waals surface area (Å²) in [6, 6.07) is 8.27. The molecule has 1 aromatic rings. The number of rotatable bonds is 2. The van der Waals surface area contributed by atoms with Gasteiger partial charge in [-0.3, -0.25) is 9.69 Å². The molecule has 0 aromatic heterocycles. The van der Waals surface area contributed by atoms with Crippen molar-refractivity contribution in [3.63, 3.8) is 0 Å². The molecular weight excluding hydrogens is 290 g/mol. The molecule has 2 aliphatic heterocycles. The number of sulfonamides is 1. The first-order valence-electron chi connectivity index (χ1n) is 7.16. The molecule has 0 saturated carbocycles. The van der Waals surface area contributed by atoms with Crippen molar-refractivity contribution in [1.29, 1.82) is 0 Å². The largest absolute Gasteiger partial charge is 0.353 e. The summed E-state index contributed by atoms with van der Waals surface area (Å²) in [4.78, 5) is 14.3. The highest BCUT2D eigenvalue weighted by atomic mass is 32.2. The van der Waals surface area contributed by atoms with Crippen LogP contribution in [0.1, 0.15) is 6.42 Å². The van der Waals surface area contributed by atoms with E-state index >= 15 is 0 Å². The lowest BCUT2D eigenvalue weighted by Gasteiger charge is -2.32. The highest BCUT2D eigenvalue weighted by molar-refractivity contribution is 7.89. The van der Waals surface area contributed by atoms with Crippen molar-refractivity contribution >= 4 is 15.9 Å². The summed E-state index contributed by atoms with van der Waals surface area (Å²) in [7, 11) is -3.47. The van der Waals surface area contributed by atoms with Crippen molar-refractivity contribution in [2.75, 3.05) is 32.7 Å². The number of hydrogen-bond acceptors (Lipinski definition) is 4. The molecule has 1 N–H and O–H groups in total. The third-order valence-electron chi connectivity index (χ3n) is 4.11. The van der Waals surface area contributed by atoms with E-state index in [0.29, 0.717) is 37.5 Å². The lowest BCUT2D eigenvalue weighted by Crippen LogP contribution is -2.55. The predicted molar refractivity (Wildman–Crippen MR) is 78.2 cm³/mol. The number of piperazine rings is 1. The van der Waals surface area contributed by atoms with Gasteiger partial charge in [0.2, 0.25) is 15.9 Å². The van der Waals surface area contributed by atoms with Gasteiger partial charge >= 0.3 is 0 Å². The Labute approximate surface area is 124 Å². The van der Waals surface area contributed by atoms with Crippen molar-refractivity contribution in [2.24, 2.45) is 0 Å². The number of carbonyl (C=O) groups is 1. The Morgan fingerprint density at radius 1 is 1.05 bits per heavy atom. The lowest BCUT2D eigenvalue weighted by molar-refractivity contribution is -0.128. The van der Waals surface area contributed by atoms with Gasteiger partial charge in [0.05, 0.1) is 10.9 Å². The zero-order chi connectivity index (χ0) is 14.9. The van der Waals surface area contributed by atoms with Crippen LogP contribution in [0.25, 0.3) is 0 Å². The van der Waals surface area contributed by atoms with Crippen LogP contribution in [0, 0.1) is 0 Å². The van der Waals surface area contributed by atoms with E-state index in [9.17, 15) is 13.2 Å². The van der Waals surface area contributed by atoms with Crippen LogP contribution < -0.4 is 5.32 Å². The standard InChI is InChI=1S/C14H19N3O3S/c18-14-13-6-8-17(11-10-16(13)9-7-15-14)21(19,20)12-4-2-1-3-5-12/h1-5,13H,6-11H2,(H,15,18). The molecule has 0 bridgehead atoms. The van der Waals surface area contributed by atoms with Crippen LogP contribution in [0.3, 0.4) is 0 Å². The quantitative estimate of drug-likeness (QED) is 0.827. The zero-order valence-electron chi connectivity index (χ0n) is 11.7. The minimum atomic E-state index is -3.47. The predicted octanol–water partition coefficient (Wildman–Crippen LogP) is -0.119. The van der Waals surface area contributed by atoms with E-state index in [0.717, 1.165) is 6.54 Å². The molecule has 0 spiro atoms. The fourth-order valence-corrected chi connectivity index (χ4v) is 4.41. The second kappa shape index (κ2) is 5.75. The third-order valence-corrected chi connectivity index (χ3v) is 6.02. The minimum absolute atomic E-state index is 0.0141. The van der Waals surface area contributed by atoms with Crippen molar-refractivity contribution in [3.05, 3.63) is 30.3 Å². The Morgan fingerprint density at radius 2 is 1.81 bits per heavy atom. The molecule has 21 heavy (non-hydrogen) atoms. The maximum Gasteiger partial charge on any atom is 0.243 e. The summed E-state index contributed by atoms with van der Waals surface area (Å²) >= 11 is 0. The van der Waals surface area contributed by atoms with Gasteiger partial charge in [-0.2, -0.15) is 4.31 Å².